The van der Waals surface area contributed by atoms with Crippen LogP contribution in [-0.2, 0) is 6.51 Å². The van der Waals surface area contributed by atoms with Crippen molar-refractivity contribution in [2.75, 3.05) is 5.88 Å². The van der Waals surface area contributed by atoms with Crippen molar-refractivity contribution in [1.82, 2.24) is 0 Å². The van der Waals surface area contributed by atoms with Crippen LogP contribution in [0.2, 0.25) is 47.7 Å². The van der Waals surface area contributed by atoms with Gasteiger partial charge in [-0.05, 0) is 0 Å². The van der Waals surface area contributed by atoms with Crippen LogP contribution in [0.25, 0.3) is 0 Å². The minimum atomic E-state index is -2.62. The molecule has 0 nitrogen and oxygen atoms in total. The summed E-state index contributed by atoms with van der Waals surface area (Å²) in [7, 11) is 0. The molecule has 0 aliphatic carbocycles. The molecule has 10 aliphatic rings. The number of hydrogen-bond acceptors (Lipinski definition) is 0. The van der Waals surface area contributed by atoms with E-state index in [9.17, 15) is 0 Å². The van der Waals surface area contributed by atoms with Crippen LogP contribution < -0.4 is 0 Å². The Bertz CT molecular complexity index is 802. The Hall–Kier alpha value is 0.809. The van der Waals surface area contributed by atoms with Crippen molar-refractivity contribution in [3.05, 3.63) is 0 Å². The molecule has 15 heavy (non-hydrogen) atoms. The van der Waals surface area contributed by atoms with Crippen LogP contribution in [0.4, 0.5) is 0 Å². The van der Waals surface area contributed by atoms with Crippen LogP contribution in [0, 0.1) is 0 Å². The Morgan fingerprint density at radius 3 is 1.67 bits per heavy atom. The molecule has 0 amide bonds. The second kappa shape index (κ2) is 0.422. The number of fused-ring (bicyclic) bond motifs is 10. The van der Waals surface area contributed by atoms with E-state index in [1.54, 1.807) is 6.42 Å². The quantitative estimate of drug-likeness (QED) is 0.508. The monoisotopic (exact) mass is 262 g/mol. The van der Waals surface area contributed by atoms with Crippen LogP contribution in [0.5, 0.6) is 0 Å². The molecule has 0 N–H and O–H groups in total. The fourth-order valence-electron chi connectivity index (χ4n) is 17.7. The first-order chi connectivity index (χ1) is 7.11. The molecule has 10 saturated heterocycles. The van der Waals surface area contributed by atoms with Crippen molar-refractivity contribution >= 4 is 11.6 Å². The molecule has 0 aromatic carbocycles. The first-order valence-corrected chi connectivity index (χ1v) is 13.7. The molecule has 10 aliphatic heterocycles. The zero-order chi connectivity index (χ0) is 9.13. The number of alkyl halides is 1. The molecule has 1 spiro atoms. The van der Waals surface area contributed by atoms with Crippen LogP contribution in [0.1, 0.15) is 12.8 Å². The Labute approximate surface area is 84.4 Å². The number of halogens is 1. The molecule has 10 rings (SSSR count). The molecule has 0 aromatic rings. The molecule has 2 heteroatoms. The van der Waals surface area contributed by atoms with E-state index < -0.39 is 6.51 Å². The molecule has 10 fully saturated rings. The normalized spacial score (nSPS) is 134. The van der Waals surface area contributed by atoms with Gasteiger partial charge in [0.25, 0.3) is 0 Å². The Kier molecular flexibility index (Phi) is 0.158. The summed E-state index contributed by atoms with van der Waals surface area (Å²) < 4.78 is 1.16. The van der Waals surface area contributed by atoms with E-state index in [-0.39, 0.29) is 0 Å². The fourth-order valence-corrected chi connectivity index (χ4v) is 93.2. The van der Waals surface area contributed by atoms with E-state index in [4.69, 9.17) is 11.6 Å². The molecular weight excluding hydrogens is 247 g/mol. The maximum atomic E-state index is 5.99. The molecule has 0 bridgehead atoms. The van der Waals surface area contributed by atoms with E-state index in [1.165, 1.54) is 49.8 Å². The molecule has 82 valence electrons. The molecule has 4 unspecified atom stereocenters. The third kappa shape index (κ3) is 0.0508. The molecule has 4 atom stereocenters. The second-order valence-corrected chi connectivity index (χ2v) is 34.7. The van der Waals surface area contributed by atoms with Crippen molar-refractivity contribution in [3.8, 4) is 0 Å². The summed E-state index contributed by atoms with van der Waals surface area (Å²) in [5, 5.41) is 0. The molecular formula is C13H15ClFe. The summed E-state index contributed by atoms with van der Waals surface area (Å²) in [5.41, 5.74) is 0. The third-order valence-corrected chi connectivity index (χ3v) is 59.0. The average molecular weight is 263 g/mol. The van der Waals surface area contributed by atoms with E-state index in [2.05, 4.69) is 0 Å². The van der Waals surface area contributed by atoms with E-state index >= 15 is 0 Å². The van der Waals surface area contributed by atoms with Gasteiger partial charge < -0.3 is 0 Å². The zero-order valence-corrected chi connectivity index (χ0v) is 10.4. The summed E-state index contributed by atoms with van der Waals surface area (Å²) in [6, 6.07) is 0. The van der Waals surface area contributed by atoms with Crippen molar-refractivity contribution in [3.63, 3.8) is 0 Å². The van der Waals surface area contributed by atoms with Crippen molar-refractivity contribution in [2.45, 2.75) is 60.5 Å². The van der Waals surface area contributed by atoms with Gasteiger partial charge in [0, 0.05) is 0 Å². The van der Waals surface area contributed by atoms with E-state index in [0.29, 0.717) is 0 Å². The van der Waals surface area contributed by atoms with Crippen LogP contribution in [0.3, 0.4) is 0 Å². The van der Waals surface area contributed by atoms with Gasteiger partial charge in [0.2, 0.25) is 0 Å². The van der Waals surface area contributed by atoms with Crippen LogP contribution >= 0.6 is 11.6 Å². The van der Waals surface area contributed by atoms with Gasteiger partial charge in [-0.25, -0.2) is 0 Å². The van der Waals surface area contributed by atoms with E-state index in [1.807, 2.05) is 0 Å². The van der Waals surface area contributed by atoms with E-state index in [0.717, 1.165) is 10.2 Å². The van der Waals surface area contributed by atoms with Gasteiger partial charge in [-0.15, -0.1) is 0 Å². The van der Waals surface area contributed by atoms with Gasteiger partial charge in [0.15, 0.2) is 0 Å². The van der Waals surface area contributed by atoms with Crippen LogP contribution in [0.15, 0.2) is 0 Å². The summed E-state index contributed by atoms with van der Waals surface area (Å²) >= 11 is 5.99. The molecule has 0 aromatic heterocycles. The summed E-state index contributed by atoms with van der Waals surface area (Å²) in [6.45, 7) is -2.62. The minimum absolute atomic E-state index is 0.957. The van der Waals surface area contributed by atoms with Gasteiger partial charge in [0.05, 0.1) is 0 Å². The van der Waals surface area contributed by atoms with Crippen molar-refractivity contribution in [1.29, 1.82) is 0 Å². The Morgan fingerprint density at radius 1 is 0.867 bits per heavy atom. The maximum absolute atomic E-state index is 5.99. The number of rotatable bonds is 3. The Balaban J connectivity index is 1.64. The first kappa shape index (κ1) is 5.63. The van der Waals surface area contributed by atoms with Crippen LogP contribution in [-0.4, -0.2) is 5.88 Å². The van der Waals surface area contributed by atoms with Crippen molar-refractivity contribution < 1.29 is 6.51 Å². The van der Waals surface area contributed by atoms with Gasteiger partial charge in [-0.1, -0.05) is 0 Å². The molecule has 0 radical (unpaired) electrons. The predicted molar refractivity (Wildman–Crippen MR) is 56.4 cm³/mol. The molecule has 10 heterocycles. The van der Waals surface area contributed by atoms with Gasteiger partial charge in [0.1, 0.15) is 0 Å². The predicted octanol–water partition coefficient (Wildman–Crippen LogP) is 4.76. The summed E-state index contributed by atoms with van der Waals surface area (Å²) in [5.74, 6) is 0.957. The fraction of sp³-hybridized carbons (Fsp3) is 1.00. The SMILES string of the molecule is ClCCC[C]12[CH]3[CH]4[CH]5[CH]1[Fe]45321678[CH]2[CH]1[CH]6[CH]7[CH]28. The topological polar surface area (TPSA) is 0 Å². The van der Waals surface area contributed by atoms with Gasteiger partial charge in [-0.2, -0.15) is 0 Å². The Morgan fingerprint density at radius 2 is 1.40 bits per heavy atom. The summed E-state index contributed by atoms with van der Waals surface area (Å²) in [6.07, 6.45) is 3.02. The average Bonchev–Trinajstić information content (AvgIpc) is 3.18. The summed E-state index contributed by atoms with van der Waals surface area (Å²) in [4.78, 5) is 13.7. The van der Waals surface area contributed by atoms with Crippen molar-refractivity contribution in [2.24, 2.45) is 0 Å². The van der Waals surface area contributed by atoms with Gasteiger partial charge >= 0.3 is 84.5 Å². The number of hydrogen-bond donors (Lipinski definition) is 0. The molecule has 0 saturated carbocycles. The zero-order valence-electron chi connectivity index (χ0n) is 8.55. The standard InChI is InChI=1S/C8H10Cl.C5H5.Fe/c9-7-3-6-8-4-1-2-5-8;1-2-4-5-3-1;/h1-2,4-5H,3,6-7H2;1-5H;. The third-order valence-electron chi connectivity index (χ3n) is 15.7. The first-order valence-electron chi connectivity index (χ1n) is 6.88. The second-order valence-electron chi connectivity index (χ2n) is 10.6. The van der Waals surface area contributed by atoms with Gasteiger partial charge in [-0.3, -0.25) is 0 Å².